The summed E-state index contributed by atoms with van der Waals surface area (Å²) in [5.74, 6) is 0. The molecule has 124 valence electrons. The average Bonchev–Trinajstić information content (AvgIpc) is 2.47. The van der Waals surface area contributed by atoms with Crippen molar-refractivity contribution in [3.63, 3.8) is 0 Å². The van der Waals surface area contributed by atoms with E-state index in [0.717, 1.165) is 18.5 Å². The zero-order chi connectivity index (χ0) is 16.4. The van der Waals surface area contributed by atoms with Crippen molar-refractivity contribution in [3.05, 3.63) is 35.4 Å². The standard InChI is InChI=1S/C15H21F3O3Si/c1-3-19-14(20-4-2)21-22-10-6-8-12-7-5-9-13(11-12)15(16,17)18/h5,7,9,11,14H,3-4,6,8,10H2,1-2H3. The van der Waals surface area contributed by atoms with E-state index < -0.39 is 18.2 Å². The molecule has 0 fully saturated rings. The summed E-state index contributed by atoms with van der Waals surface area (Å²) in [4.78, 5) is 0. The lowest BCUT2D eigenvalue weighted by molar-refractivity contribution is -0.243. The highest BCUT2D eigenvalue weighted by Gasteiger charge is 2.30. The van der Waals surface area contributed by atoms with Crippen LogP contribution in [0.3, 0.4) is 0 Å². The van der Waals surface area contributed by atoms with E-state index in [1.165, 1.54) is 12.1 Å². The van der Waals surface area contributed by atoms with Crippen LogP contribution in [0.25, 0.3) is 0 Å². The van der Waals surface area contributed by atoms with E-state index in [9.17, 15) is 13.2 Å². The normalized spacial score (nSPS) is 12.1. The molecule has 0 amide bonds. The molecule has 0 aliphatic heterocycles. The zero-order valence-corrected chi connectivity index (χ0v) is 13.8. The minimum absolute atomic E-state index is 0.198. The van der Waals surface area contributed by atoms with Crippen LogP contribution in [0.4, 0.5) is 13.2 Å². The molecular formula is C15H21F3O3Si. The minimum atomic E-state index is -4.29. The third kappa shape index (κ3) is 7.39. The second-order valence-electron chi connectivity index (χ2n) is 4.51. The van der Waals surface area contributed by atoms with Gasteiger partial charge in [0, 0.05) is 13.2 Å². The summed E-state index contributed by atoms with van der Waals surface area (Å²) in [6.45, 7) is 4.05. The Morgan fingerprint density at radius 2 is 1.82 bits per heavy atom. The SMILES string of the molecule is CCOC(OCC)O[Si]CCCc1cccc(C(F)(F)F)c1. The minimum Gasteiger partial charge on any atom is -0.372 e. The average molecular weight is 334 g/mol. The smallest absolute Gasteiger partial charge is 0.372 e. The van der Waals surface area contributed by atoms with Crippen LogP contribution < -0.4 is 0 Å². The van der Waals surface area contributed by atoms with E-state index in [-0.39, 0.29) is 9.76 Å². The van der Waals surface area contributed by atoms with Crippen molar-refractivity contribution in [2.75, 3.05) is 13.2 Å². The first-order valence-corrected chi connectivity index (χ1v) is 8.36. The summed E-state index contributed by atoms with van der Waals surface area (Å²) in [6.07, 6.45) is -2.94. The number of aryl methyl sites for hydroxylation is 1. The first-order chi connectivity index (χ1) is 10.5. The number of alkyl halides is 3. The van der Waals surface area contributed by atoms with Crippen LogP contribution in [0.5, 0.6) is 0 Å². The maximum atomic E-state index is 12.6. The van der Waals surface area contributed by atoms with Crippen molar-refractivity contribution in [2.24, 2.45) is 0 Å². The predicted molar refractivity (Wildman–Crippen MR) is 78.5 cm³/mol. The number of benzene rings is 1. The lowest BCUT2D eigenvalue weighted by Crippen LogP contribution is -2.23. The summed E-state index contributed by atoms with van der Waals surface area (Å²) in [5.41, 5.74) is 0.0854. The molecule has 1 aromatic rings. The van der Waals surface area contributed by atoms with E-state index in [1.54, 1.807) is 6.07 Å². The van der Waals surface area contributed by atoms with Crippen molar-refractivity contribution in [2.45, 2.75) is 45.4 Å². The molecule has 0 atom stereocenters. The Kier molecular flexibility index (Phi) is 8.70. The summed E-state index contributed by atoms with van der Waals surface area (Å²) < 4.78 is 53.7. The van der Waals surface area contributed by atoms with E-state index >= 15 is 0 Å². The van der Waals surface area contributed by atoms with Gasteiger partial charge in [-0.3, -0.25) is 0 Å². The van der Waals surface area contributed by atoms with Crippen LogP contribution in [-0.2, 0) is 26.5 Å². The second kappa shape index (κ2) is 9.99. The Labute approximate surface area is 131 Å². The van der Waals surface area contributed by atoms with Crippen LogP contribution in [-0.4, -0.2) is 29.5 Å². The Hall–Kier alpha value is -0.893. The van der Waals surface area contributed by atoms with Crippen LogP contribution in [0, 0.1) is 0 Å². The topological polar surface area (TPSA) is 27.7 Å². The van der Waals surface area contributed by atoms with Gasteiger partial charge in [-0.2, -0.15) is 13.2 Å². The molecule has 2 radical (unpaired) electrons. The molecule has 0 aromatic heterocycles. The molecule has 0 bridgehead atoms. The van der Waals surface area contributed by atoms with E-state index in [1.807, 2.05) is 13.8 Å². The largest absolute Gasteiger partial charge is 0.416 e. The molecule has 0 spiro atoms. The third-order valence-corrected chi connectivity index (χ3v) is 3.70. The maximum absolute atomic E-state index is 12.6. The van der Waals surface area contributed by atoms with Gasteiger partial charge >= 0.3 is 6.18 Å². The number of hydrogen-bond acceptors (Lipinski definition) is 3. The van der Waals surface area contributed by atoms with E-state index in [2.05, 4.69) is 0 Å². The highest BCUT2D eigenvalue weighted by atomic mass is 28.2. The van der Waals surface area contributed by atoms with Crippen molar-refractivity contribution < 1.29 is 27.1 Å². The highest BCUT2D eigenvalue weighted by Crippen LogP contribution is 2.29. The van der Waals surface area contributed by atoms with Gasteiger partial charge in [0.2, 0.25) is 9.76 Å². The zero-order valence-electron chi connectivity index (χ0n) is 12.8. The molecule has 0 heterocycles. The van der Waals surface area contributed by atoms with Gasteiger partial charge < -0.3 is 13.9 Å². The molecule has 7 heteroatoms. The molecule has 0 aliphatic carbocycles. The van der Waals surface area contributed by atoms with Crippen LogP contribution >= 0.6 is 0 Å². The van der Waals surface area contributed by atoms with Crippen molar-refractivity contribution in [3.8, 4) is 0 Å². The molecule has 3 nitrogen and oxygen atoms in total. The van der Waals surface area contributed by atoms with Crippen molar-refractivity contribution >= 4 is 9.76 Å². The number of rotatable bonds is 10. The van der Waals surface area contributed by atoms with Crippen LogP contribution in [0.2, 0.25) is 6.04 Å². The van der Waals surface area contributed by atoms with Crippen LogP contribution in [0.1, 0.15) is 31.4 Å². The van der Waals surface area contributed by atoms with Crippen molar-refractivity contribution in [1.29, 1.82) is 0 Å². The Balaban J connectivity index is 2.30. The molecular weight excluding hydrogens is 313 g/mol. The van der Waals surface area contributed by atoms with Crippen LogP contribution in [0.15, 0.2) is 24.3 Å². The first kappa shape index (κ1) is 19.2. The summed E-state index contributed by atoms with van der Waals surface area (Å²) in [6, 6.07) is 6.20. The molecule has 0 saturated carbocycles. The van der Waals surface area contributed by atoms with Gasteiger partial charge in [0.1, 0.15) is 0 Å². The first-order valence-electron chi connectivity index (χ1n) is 7.25. The van der Waals surface area contributed by atoms with Gasteiger partial charge in [-0.25, -0.2) is 0 Å². The van der Waals surface area contributed by atoms with Gasteiger partial charge in [-0.1, -0.05) is 18.2 Å². The Morgan fingerprint density at radius 3 is 2.41 bits per heavy atom. The fourth-order valence-corrected chi connectivity index (χ4v) is 2.49. The maximum Gasteiger partial charge on any atom is 0.416 e. The summed E-state index contributed by atoms with van der Waals surface area (Å²) in [7, 11) is 0.198. The Bertz CT molecular complexity index is 421. The lowest BCUT2D eigenvalue weighted by Gasteiger charge is -2.16. The number of hydrogen-bond donors (Lipinski definition) is 0. The van der Waals surface area contributed by atoms with E-state index in [0.29, 0.717) is 25.2 Å². The summed E-state index contributed by atoms with van der Waals surface area (Å²) in [5, 5.41) is 0. The molecule has 0 saturated heterocycles. The summed E-state index contributed by atoms with van der Waals surface area (Å²) >= 11 is 0. The molecule has 22 heavy (non-hydrogen) atoms. The van der Waals surface area contributed by atoms with Gasteiger partial charge in [-0.05, 0) is 44.4 Å². The molecule has 0 unspecified atom stereocenters. The molecule has 0 aliphatic rings. The molecule has 1 aromatic carbocycles. The van der Waals surface area contributed by atoms with Gasteiger partial charge in [-0.15, -0.1) is 0 Å². The second-order valence-corrected chi connectivity index (χ2v) is 5.54. The third-order valence-electron chi connectivity index (χ3n) is 2.78. The van der Waals surface area contributed by atoms with Crippen molar-refractivity contribution in [1.82, 2.24) is 0 Å². The lowest BCUT2D eigenvalue weighted by atomic mass is 10.1. The Morgan fingerprint density at radius 1 is 1.14 bits per heavy atom. The fraction of sp³-hybridized carbons (Fsp3) is 0.600. The monoisotopic (exact) mass is 334 g/mol. The highest BCUT2D eigenvalue weighted by molar-refractivity contribution is 6.27. The predicted octanol–water partition coefficient (Wildman–Crippen LogP) is 4.05. The van der Waals surface area contributed by atoms with Gasteiger partial charge in [0.25, 0.3) is 6.48 Å². The number of halogens is 3. The quantitative estimate of drug-likeness (QED) is 0.367. The van der Waals surface area contributed by atoms with Gasteiger partial charge in [0.05, 0.1) is 5.56 Å². The van der Waals surface area contributed by atoms with E-state index in [4.69, 9.17) is 13.9 Å². The molecule has 0 N–H and O–H groups in total. The number of ether oxygens (including phenoxy) is 2. The van der Waals surface area contributed by atoms with Gasteiger partial charge in [0.15, 0.2) is 0 Å². The molecule has 1 rings (SSSR count). The fourth-order valence-electron chi connectivity index (χ4n) is 1.78.